The average Bonchev–Trinajstić information content (AvgIpc) is 2.77. The molecule has 0 amide bonds. The molecule has 1 N–H and O–H groups in total. The maximum atomic E-state index is 11.9. The van der Waals surface area contributed by atoms with Crippen LogP contribution in [0.1, 0.15) is 52.4 Å². The highest BCUT2D eigenvalue weighted by atomic mass is 16.5. The number of unbranched alkanes of at least 4 members (excludes halogenated alkanes) is 2. The Hall–Kier alpha value is -3.04. The zero-order valence-corrected chi connectivity index (χ0v) is 18.6. The van der Waals surface area contributed by atoms with E-state index in [0.29, 0.717) is 12.8 Å². The minimum absolute atomic E-state index is 0.0626. The highest BCUT2D eigenvalue weighted by molar-refractivity contribution is 6.62. The summed E-state index contributed by atoms with van der Waals surface area (Å²) in [6.07, 6.45) is 2.68. The molecule has 0 bridgehead atoms. The van der Waals surface area contributed by atoms with Gasteiger partial charge < -0.3 is 25.6 Å². The number of carbonyl (C=O) groups is 4. The second kappa shape index (κ2) is 17.6. The van der Waals surface area contributed by atoms with Gasteiger partial charge in [-0.1, -0.05) is 26.7 Å². The summed E-state index contributed by atoms with van der Waals surface area (Å²) in [7, 11) is 0. The Bertz CT molecular complexity index is 695. The molecule has 0 aliphatic heterocycles. The molecule has 0 aromatic carbocycles. The summed E-state index contributed by atoms with van der Waals surface area (Å²) in [4.78, 5) is 54.6. The van der Waals surface area contributed by atoms with Crippen LogP contribution in [0.5, 0.6) is 0 Å². The van der Waals surface area contributed by atoms with Crippen molar-refractivity contribution in [3.05, 3.63) is 11.1 Å². The van der Waals surface area contributed by atoms with Crippen LogP contribution in [0.15, 0.2) is 0 Å². The lowest BCUT2D eigenvalue weighted by molar-refractivity contribution is -0.142. The van der Waals surface area contributed by atoms with Gasteiger partial charge in [-0.3, -0.25) is 14.5 Å². The van der Waals surface area contributed by atoms with Crippen molar-refractivity contribution < 1.29 is 43.3 Å². The van der Waals surface area contributed by atoms with Gasteiger partial charge in [0, 0.05) is 32.5 Å². The Morgan fingerprint density at radius 2 is 1.19 bits per heavy atom. The molecule has 0 atom stereocenters. The molecule has 0 spiro atoms. The van der Waals surface area contributed by atoms with E-state index in [1.54, 1.807) is 4.90 Å². The summed E-state index contributed by atoms with van der Waals surface area (Å²) in [5, 5.41) is 9.17. The number of rotatable bonds is 18. The van der Waals surface area contributed by atoms with Crippen molar-refractivity contribution in [3.8, 4) is 0 Å². The van der Waals surface area contributed by atoms with Crippen LogP contribution in [-0.2, 0) is 28.7 Å². The Balaban J connectivity index is 4.59. The average molecular weight is 453 g/mol. The van der Waals surface area contributed by atoms with Crippen LogP contribution in [0.25, 0.3) is 11.1 Å². The van der Waals surface area contributed by atoms with Gasteiger partial charge >= 0.3 is 23.4 Å². The first-order chi connectivity index (χ1) is 15.4. The molecule has 12 heteroatoms. The number of aliphatic hydroxyl groups excluding tert-OH is 1. The van der Waals surface area contributed by atoms with Gasteiger partial charge in [-0.2, -0.15) is 9.58 Å². The highest BCUT2D eigenvalue weighted by Crippen LogP contribution is 2.00. The molecule has 0 heterocycles. The van der Waals surface area contributed by atoms with Crippen molar-refractivity contribution in [2.45, 2.75) is 52.4 Å². The van der Waals surface area contributed by atoms with Gasteiger partial charge in [0.2, 0.25) is 0 Å². The van der Waals surface area contributed by atoms with E-state index in [-0.39, 0.29) is 52.3 Å². The molecule has 0 aromatic heterocycles. The smallest absolute Gasteiger partial charge is 0.441 e. The fourth-order valence-electron chi connectivity index (χ4n) is 2.48. The minimum Gasteiger partial charge on any atom is -0.455 e. The van der Waals surface area contributed by atoms with E-state index in [4.69, 9.17) is 25.6 Å². The lowest BCUT2D eigenvalue weighted by Crippen LogP contribution is -2.36. The first-order valence-electron chi connectivity index (χ1n) is 10.5. The first kappa shape index (κ1) is 29.0. The number of Topliss-reactive ketones (excluding diaryl/α,β-unsaturated/α-hetero) is 2. The van der Waals surface area contributed by atoms with Crippen molar-refractivity contribution in [3.63, 3.8) is 0 Å². The fraction of sp³-hybridized carbons (Fsp3) is 0.700. The Morgan fingerprint density at radius 1 is 0.781 bits per heavy atom. The number of ether oxygens (including phenoxy) is 2. The molecule has 0 saturated heterocycles. The van der Waals surface area contributed by atoms with Gasteiger partial charge in [-0.25, -0.2) is 9.59 Å². The third-order valence-electron chi connectivity index (χ3n) is 4.33. The van der Waals surface area contributed by atoms with Gasteiger partial charge in [0.1, 0.15) is 13.2 Å². The van der Waals surface area contributed by atoms with Gasteiger partial charge in [0.05, 0.1) is 6.61 Å². The lowest BCUT2D eigenvalue weighted by Gasteiger charge is -2.20. The molecule has 32 heavy (non-hydrogen) atoms. The van der Waals surface area contributed by atoms with E-state index in [1.165, 1.54) is 0 Å². The normalized spacial score (nSPS) is 10.1. The number of esters is 2. The molecular weight excluding hydrogens is 422 g/mol. The predicted octanol–water partition coefficient (Wildman–Crippen LogP) is 0.227. The van der Waals surface area contributed by atoms with Crippen LogP contribution >= 0.6 is 0 Å². The van der Waals surface area contributed by atoms with E-state index >= 15 is 0 Å². The van der Waals surface area contributed by atoms with Crippen molar-refractivity contribution in [2.75, 3.05) is 39.5 Å². The lowest BCUT2D eigenvalue weighted by atomic mass is 10.1. The fourth-order valence-corrected chi connectivity index (χ4v) is 2.48. The monoisotopic (exact) mass is 453 g/mol. The van der Waals surface area contributed by atoms with Crippen LogP contribution in [0, 0.1) is 0 Å². The molecule has 0 aromatic rings. The molecule has 0 aliphatic carbocycles. The third kappa shape index (κ3) is 11.4. The molecule has 0 rings (SSSR count). The largest absolute Gasteiger partial charge is 0.455 e. The van der Waals surface area contributed by atoms with Gasteiger partial charge in [-0.05, 0) is 12.8 Å². The topological polar surface area (TPSA) is 183 Å². The van der Waals surface area contributed by atoms with Gasteiger partial charge in [-0.15, -0.1) is 0 Å². The molecule has 178 valence electrons. The van der Waals surface area contributed by atoms with Gasteiger partial charge in [0.15, 0.2) is 0 Å². The SMILES string of the molecule is CCCCC(=O)C(=[N+]=[N-])C(=O)OCCN(CCO)CCOC(=O)C(=[N+]=[N-])C(=O)CCCC. The summed E-state index contributed by atoms with van der Waals surface area (Å²) in [5.74, 6) is -3.35. The minimum atomic E-state index is -1.06. The Kier molecular flexibility index (Phi) is 15.9. The van der Waals surface area contributed by atoms with E-state index in [9.17, 15) is 19.2 Å². The van der Waals surface area contributed by atoms with E-state index < -0.39 is 34.9 Å². The number of aliphatic hydroxyl groups is 1. The summed E-state index contributed by atoms with van der Waals surface area (Å²) in [6, 6.07) is 0. The number of hydrogen-bond donors (Lipinski definition) is 1. The van der Waals surface area contributed by atoms with E-state index in [0.717, 1.165) is 12.8 Å². The molecule has 0 unspecified atom stereocenters. The van der Waals surface area contributed by atoms with Crippen molar-refractivity contribution in [1.29, 1.82) is 0 Å². The Morgan fingerprint density at radius 3 is 1.50 bits per heavy atom. The second-order valence-corrected chi connectivity index (χ2v) is 6.79. The number of ketones is 2. The van der Waals surface area contributed by atoms with Crippen LogP contribution in [0.4, 0.5) is 0 Å². The molecular formula is C20H31N5O7. The zero-order chi connectivity index (χ0) is 24.4. The molecule has 0 fully saturated rings. The predicted molar refractivity (Wildman–Crippen MR) is 112 cm³/mol. The van der Waals surface area contributed by atoms with Crippen LogP contribution in [0.3, 0.4) is 0 Å². The van der Waals surface area contributed by atoms with Crippen molar-refractivity contribution >= 4 is 34.9 Å². The van der Waals surface area contributed by atoms with E-state index in [2.05, 4.69) is 9.58 Å². The summed E-state index contributed by atoms with van der Waals surface area (Å²) in [6.45, 7) is 3.59. The zero-order valence-electron chi connectivity index (χ0n) is 18.6. The highest BCUT2D eigenvalue weighted by Gasteiger charge is 2.31. The standard InChI is InChI=1S/C20H31N5O7/c1-3-5-7-15(27)17(23-21)19(29)31-13-10-25(9-12-26)11-14-32-20(30)18(24-22)16(28)8-6-4-2/h26H,3-14H2,1-2H3. The first-order valence-corrected chi connectivity index (χ1v) is 10.5. The quantitative estimate of drug-likeness (QED) is 0.100. The summed E-state index contributed by atoms with van der Waals surface area (Å²) >= 11 is 0. The van der Waals surface area contributed by atoms with E-state index in [1.807, 2.05) is 13.8 Å². The molecule has 0 radical (unpaired) electrons. The Labute approximate surface area is 186 Å². The van der Waals surface area contributed by atoms with Gasteiger partial charge in [0.25, 0.3) is 11.6 Å². The molecule has 0 aliphatic rings. The van der Waals surface area contributed by atoms with Crippen molar-refractivity contribution in [1.82, 2.24) is 4.90 Å². The third-order valence-corrected chi connectivity index (χ3v) is 4.33. The molecule has 12 nitrogen and oxygen atoms in total. The van der Waals surface area contributed by atoms with Crippen LogP contribution < -0.4 is 0 Å². The summed E-state index contributed by atoms with van der Waals surface area (Å²) in [5.41, 5.74) is 16.5. The number of carbonyl (C=O) groups excluding carboxylic acids is 4. The van der Waals surface area contributed by atoms with Crippen molar-refractivity contribution in [2.24, 2.45) is 0 Å². The second-order valence-electron chi connectivity index (χ2n) is 6.79. The summed E-state index contributed by atoms with van der Waals surface area (Å²) < 4.78 is 9.89. The van der Waals surface area contributed by atoms with Crippen LogP contribution in [-0.4, -0.2) is 94.0 Å². The number of hydrogen-bond acceptors (Lipinski definition) is 8. The maximum absolute atomic E-state index is 11.9. The maximum Gasteiger partial charge on any atom is 0.441 e. The van der Waals surface area contributed by atoms with Crippen LogP contribution in [0.2, 0.25) is 0 Å². The number of nitrogens with zero attached hydrogens (tertiary/aromatic N) is 5. The molecule has 0 saturated carbocycles.